The minimum absolute atomic E-state index is 0.0995. The highest BCUT2D eigenvalue weighted by molar-refractivity contribution is 7.89. The summed E-state index contributed by atoms with van der Waals surface area (Å²) in [6, 6.07) is 12.1. The van der Waals surface area contributed by atoms with Gasteiger partial charge in [0.1, 0.15) is 11.3 Å². The minimum atomic E-state index is -3.51. The lowest BCUT2D eigenvalue weighted by Gasteiger charge is -2.25. The highest BCUT2D eigenvalue weighted by Gasteiger charge is 2.26. The van der Waals surface area contributed by atoms with E-state index in [1.807, 2.05) is 12.1 Å². The van der Waals surface area contributed by atoms with E-state index in [0.29, 0.717) is 49.4 Å². The topological polar surface area (TPSA) is 106 Å². The summed E-state index contributed by atoms with van der Waals surface area (Å²) >= 11 is 0. The number of anilines is 1. The first-order valence-electron chi connectivity index (χ1n) is 10.7. The van der Waals surface area contributed by atoms with Crippen LogP contribution in [0.5, 0.6) is 5.75 Å². The number of aryl methyl sites for hydroxylation is 1. The Hall–Kier alpha value is -2.98. The molecule has 2 heterocycles. The van der Waals surface area contributed by atoms with Gasteiger partial charge in [-0.15, -0.1) is 5.10 Å². The average molecular weight is 458 g/mol. The lowest BCUT2D eigenvalue weighted by Crippen LogP contribution is -2.35. The number of hydrogen-bond donors (Lipinski definition) is 1. The number of nitrogens with one attached hydrogen (secondary N) is 1. The Balaban J connectivity index is 1.37. The van der Waals surface area contributed by atoms with Gasteiger partial charge in [-0.05, 0) is 49.6 Å². The lowest BCUT2D eigenvalue weighted by molar-refractivity contribution is -0.116. The molecule has 1 aromatic heterocycles. The molecule has 170 valence electrons. The average Bonchev–Trinajstić information content (AvgIpc) is 3.22. The van der Waals surface area contributed by atoms with Crippen molar-refractivity contribution in [2.45, 2.75) is 43.5 Å². The van der Waals surface area contributed by atoms with Crippen LogP contribution in [0.4, 0.5) is 5.69 Å². The van der Waals surface area contributed by atoms with E-state index in [1.165, 1.54) is 0 Å². The highest BCUT2D eigenvalue weighted by Crippen LogP contribution is 2.23. The standard InChI is InChI=1S/C22H27N5O4S/c1-31-18-8-5-7-17(15-18)23-22(28)9-6-14-27-21-11-10-19(16-20(21)24-25-27)32(29,30)26-12-3-2-4-13-26/h5,7-8,10-11,15-16H,2-4,6,9,12-14H2,1H3,(H,23,28). The molecule has 1 aliphatic heterocycles. The number of ether oxygens (including phenoxy) is 1. The zero-order valence-corrected chi connectivity index (χ0v) is 18.8. The van der Waals surface area contributed by atoms with Crippen molar-refractivity contribution >= 4 is 32.7 Å². The maximum atomic E-state index is 12.9. The van der Waals surface area contributed by atoms with Crippen LogP contribution in [0, 0.1) is 0 Å². The number of piperidine rings is 1. The number of rotatable bonds is 8. The van der Waals surface area contributed by atoms with Gasteiger partial charge >= 0.3 is 0 Å². The predicted octanol–water partition coefficient (Wildman–Crippen LogP) is 3.03. The maximum absolute atomic E-state index is 12.9. The van der Waals surface area contributed by atoms with Crippen LogP contribution in [0.3, 0.4) is 0 Å². The zero-order chi connectivity index (χ0) is 22.6. The number of sulfonamides is 1. The Morgan fingerprint density at radius 2 is 1.94 bits per heavy atom. The molecule has 2 aromatic carbocycles. The molecule has 0 bridgehead atoms. The van der Waals surface area contributed by atoms with E-state index in [9.17, 15) is 13.2 Å². The van der Waals surface area contributed by atoms with E-state index in [-0.39, 0.29) is 10.8 Å². The van der Waals surface area contributed by atoms with Crippen LogP contribution < -0.4 is 10.1 Å². The van der Waals surface area contributed by atoms with E-state index in [2.05, 4.69) is 15.6 Å². The van der Waals surface area contributed by atoms with Crippen molar-refractivity contribution in [2.24, 2.45) is 0 Å². The molecule has 4 rings (SSSR count). The number of aromatic nitrogens is 3. The number of hydrogen-bond acceptors (Lipinski definition) is 6. The second-order valence-electron chi connectivity index (χ2n) is 7.81. The first-order valence-corrected chi connectivity index (χ1v) is 12.2. The van der Waals surface area contributed by atoms with Gasteiger partial charge in [0, 0.05) is 37.8 Å². The normalized spacial score (nSPS) is 15.0. The SMILES string of the molecule is COc1cccc(NC(=O)CCCn2nnc3cc(S(=O)(=O)N4CCCCC4)ccc32)c1. The minimum Gasteiger partial charge on any atom is -0.497 e. The summed E-state index contributed by atoms with van der Waals surface area (Å²) in [7, 11) is -1.93. The van der Waals surface area contributed by atoms with Gasteiger partial charge in [0.25, 0.3) is 0 Å². The van der Waals surface area contributed by atoms with Gasteiger partial charge in [-0.2, -0.15) is 4.31 Å². The monoisotopic (exact) mass is 457 g/mol. The van der Waals surface area contributed by atoms with Crippen molar-refractivity contribution in [3.05, 3.63) is 42.5 Å². The van der Waals surface area contributed by atoms with Crippen LogP contribution in [0.15, 0.2) is 47.4 Å². The summed E-state index contributed by atoms with van der Waals surface area (Å²) in [5.74, 6) is 0.580. The van der Waals surface area contributed by atoms with E-state index < -0.39 is 10.0 Å². The van der Waals surface area contributed by atoms with Crippen molar-refractivity contribution in [3.63, 3.8) is 0 Å². The predicted molar refractivity (Wildman–Crippen MR) is 121 cm³/mol. The van der Waals surface area contributed by atoms with Gasteiger partial charge in [-0.3, -0.25) is 4.79 Å². The molecule has 0 atom stereocenters. The smallest absolute Gasteiger partial charge is 0.243 e. The molecule has 9 nitrogen and oxygen atoms in total. The van der Waals surface area contributed by atoms with Crippen LogP contribution >= 0.6 is 0 Å². The van der Waals surface area contributed by atoms with Gasteiger partial charge in [0.15, 0.2) is 0 Å². The number of fused-ring (bicyclic) bond motifs is 1. The molecule has 10 heteroatoms. The molecule has 1 saturated heterocycles. The van der Waals surface area contributed by atoms with Crippen molar-refractivity contribution < 1.29 is 17.9 Å². The number of methoxy groups -OCH3 is 1. The van der Waals surface area contributed by atoms with E-state index >= 15 is 0 Å². The van der Waals surface area contributed by atoms with Crippen molar-refractivity contribution in [1.29, 1.82) is 0 Å². The summed E-state index contributed by atoms with van der Waals surface area (Å²) in [4.78, 5) is 12.5. The third-order valence-corrected chi connectivity index (χ3v) is 7.46. The first kappa shape index (κ1) is 22.2. The summed E-state index contributed by atoms with van der Waals surface area (Å²) < 4.78 is 34.2. The molecule has 0 saturated carbocycles. The quantitative estimate of drug-likeness (QED) is 0.557. The Bertz CT molecular complexity index is 1200. The summed E-state index contributed by atoms with van der Waals surface area (Å²) in [6.07, 6.45) is 3.74. The zero-order valence-electron chi connectivity index (χ0n) is 18.0. The highest BCUT2D eigenvalue weighted by atomic mass is 32.2. The summed E-state index contributed by atoms with van der Waals surface area (Å²) in [5, 5.41) is 11.1. The van der Waals surface area contributed by atoms with Crippen molar-refractivity contribution in [3.8, 4) is 5.75 Å². The molecular formula is C22H27N5O4S. The second kappa shape index (κ2) is 9.66. The Morgan fingerprint density at radius 1 is 1.12 bits per heavy atom. The number of nitrogens with zero attached hydrogens (tertiary/aromatic N) is 4. The number of carbonyl (C=O) groups is 1. The van der Waals surface area contributed by atoms with Crippen LogP contribution in [0.1, 0.15) is 32.1 Å². The van der Waals surface area contributed by atoms with E-state index in [1.54, 1.807) is 46.4 Å². The van der Waals surface area contributed by atoms with E-state index in [4.69, 9.17) is 4.74 Å². The molecule has 32 heavy (non-hydrogen) atoms. The van der Waals surface area contributed by atoms with Crippen LogP contribution in [-0.2, 0) is 21.4 Å². The maximum Gasteiger partial charge on any atom is 0.243 e. The molecular weight excluding hydrogens is 430 g/mol. The number of benzene rings is 2. The molecule has 1 N–H and O–H groups in total. The Kier molecular flexibility index (Phi) is 6.71. The van der Waals surface area contributed by atoms with Crippen molar-refractivity contribution in [2.75, 3.05) is 25.5 Å². The van der Waals surface area contributed by atoms with E-state index in [0.717, 1.165) is 24.8 Å². The summed E-state index contributed by atoms with van der Waals surface area (Å²) in [5.41, 5.74) is 1.96. The van der Waals surface area contributed by atoms with Crippen molar-refractivity contribution in [1.82, 2.24) is 19.3 Å². The Labute approximate surface area is 187 Å². The fraction of sp³-hybridized carbons (Fsp3) is 0.409. The Morgan fingerprint density at radius 3 is 2.72 bits per heavy atom. The number of amides is 1. The van der Waals surface area contributed by atoms with Gasteiger partial charge in [0.2, 0.25) is 15.9 Å². The van der Waals surface area contributed by atoms with Gasteiger partial charge < -0.3 is 10.1 Å². The molecule has 0 spiro atoms. The van der Waals surface area contributed by atoms with Gasteiger partial charge in [-0.1, -0.05) is 17.7 Å². The molecule has 0 unspecified atom stereocenters. The fourth-order valence-corrected chi connectivity index (χ4v) is 5.38. The van der Waals surface area contributed by atoms with Crippen LogP contribution in [0.2, 0.25) is 0 Å². The van der Waals surface area contributed by atoms with Crippen LogP contribution in [-0.4, -0.2) is 53.8 Å². The second-order valence-corrected chi connectivity index (χ2v) is 9.75. The fourth-order valence-electron chi connectivity index (χ4n) is 3.85. The van der Waals surface area contributed by atoms with Gasteiger partial charge in [-0.25, -0.2) is 13.1 Å². The molecule has 1 fully saturated rings. The third kappa shape index (κ3) is 4.91. The lowest BCUT2D eigenvalue weighted by atomic mass is 10.2. The molecule has 1 aliphatic rings. The van der Waals surface area contributed by atoms with Crippen LogP contribution in [0.25, 0.3) is 11.0 Å². The van der Waals surface area contributed by atoms with Gasteiger partial charge in [0.05, 0.1) is 17.5 Å². The molecule has 0 radical (unpaired) electrons. The number of carbonyl (C=O) groups excluding carboxylic acids is 1. The first-order chi connectivity index (χ1) is 15.5. The molecule has 0 aliphatic carbocycles. The molecule has 1 amide bonds. The third-order valence-electron chi connectivity index (χ3n) is 5.57. The molecule has 3 aromatic rings. The largest absolute Gasteiger partial charge is 0.497 e. The summed E-state index contributed by atoms with van der Waals surface area (Å²) in [6.45, 7) is 1.62.